The Morgan fingerprint density at radius 3 is 2.56 bits per heavy atom. The molecule has 3 N–H and O–H groups in total. The summed E-state index contributed by atoms with van der Waals surface area (Å²) in [4.78, 5) is 11.8. The lowest BCUT2D eigenvalue weighted by Crippen LogP contribution is -2.49. The van der Waals surface area contributed by atoms with Gasteiger partial charge in [-0.15, -0.1) is 0 Å². The molecule has 0 spiro atoms. The number of nitrogens with one attached hydrogen (secondary N) is 1. The fraction of sp³-hybridized carbons (Fsp3) is 0.667. The van der Waals surface area contributed by atoms with E-state index >= 15 is 0 Å². The van der Waals surface area contributed by atoms with Gasteiger partial charge in [0.05, 0.1) is 11.3 Å². The summed E-state index contributed by atoms with van der Waals surface area (Å²) in [5.74, 6) is 5.82. The van der Waals surface area contributed by atoms with E-state index in [9.17, 15) is 18.3 Å². The first-order valence-corrected chi connectivity index (χ1v) is 10.6. The average Bonchev–Trinajstić information content (AvgIpc) is 2.95. The second-order valence-corrected chi connectivity index (χ2v) is 10.4. The van der Waals surface area contributed by atoms with Crippen molar-refractivity contribution in [3.63, 3.8) is 0 Å². The number of aliphatic hydroxyl groups is 1. The third-order valence-corrected chi connectivity index (χ3v) is 7.38. The van der Waals surface area contributed by atoms with Crippen LogP contribution in [0.5, 0.6) is 0 Å². The number of hydrogen-bond donors (Lipinski definition) is 3. The molecule has 1 amide bonds. The van der Waals surface area contributed by atoms with Crippen molar-refractivity contribution < 1.29 is 28.0 Å². The Bertz CT molecular complexity index is 852. The summed E-state index contributed by atoms with van der Waals surface area (Å²) in [6, 6.07) is 1.61. The molecule has 2 rings (SSSR count). The monoisotopic (exact) mass is 398 g/mol. The number of hydrogen-bond acceptors (Lipinski definition) is 7. The van der Waals surface area contributed by atoms with E-state index in [1.165, 1.54) is 12.4 Å². The van der Waals surface area contributed by atoms with Gasteiger partial charge >= 0.3 is 0 Å². The van der Waals surface area contributed by atoms with Crippen LogP contribution in [0.15, 0.2) is 10.6 Å². The van der Waals surface area contributed by atoms with E-state index in [1.54, 1.807) is 19.9 Å². The van der Waals surface area contributed by atoms with E-state index in [0.717, 1.165) is 19.1 Å². The number of sulfone groups is 1. The highest BCUT2D eigenvalue weighted by atomic mass is 32.2. The SMILES string of the molecule is CC(C)(O)C1CC(C#Cc2cc(CCC(C)(C(=O)NO)S(C)(=O)=O)no2)C1. The standard InChI is InChI=1S/C18H26N2O6S/c1-17(2,22)13-9-12(10-13)5-6-15-11-14(20-26-15)7-8-18(3,16(21)19-23)27(4,24)25/h11-13,22-23H,7-10H2,1-4H3,(H,19,21). The average molecular weight is 398 g/mol. The molecular weight excluding hydrogens is 372 g/mol. The van der Waals surface area contributed by atoms with Crippen LogP contribution in [-0.2, 0) is 21.1 Å². The van der Waals surface area contributed by atoms with Crippen LogP contribution in [0.3, 0.4) is 0 Å². The summed E-state index contributed by atoms with van der Waals surface area (Å²) in [7, 11) is -3.75. The van der Waals surface area contributed by atoms with Gasteiger partial charge in [0, 0.05) is 18.2 Å². The lowest BCUT2D eigenvalue weighted by molar-refractivity contribution is -0.131. The molecule has 150 valence electrons. The third kappa shape index (κ3) is 4.89. The summed E-state index contributed by atoms with van der Waals surface area (Å²) in [5, 5.41) is 22.6. The Morgan fingerprint density at radius 1 is 1.41 bits per heavy atom. The summed E-state index contributed by atoms with van der Waals surface area (Å²) in [6.07, 6.45) is 2.72. The molecule has 1 aliphatic carbocycles. The van der Waals surface area contributed by atoms with E-state index in [4.69, 9.17) is 9.73 Å². The van der Waals surface area contributed by atoms with E-state index in [-0.39, 0.29) is 24.7 Å². The van der Waals surface area contributed by atoms with Crippen molar-refractivity contribution in [2.75, 3.05) is 6.26 Å². The lowest BCUT2D eigenvalue weighted by Gasteiger charge is -2.40. The third-order valence-electron chi connectivity index (χ3n) is 5.35. The Kier molecular flexibility index (Phi) is 6.04. The minimum Gasteiger partial charge on any atom is -0.390 e. The van der Waals surface area contributed by atoms with Gasteiger partial charge in [0.2, 0.25) is 5.76 Å². The molecule has 1 heterocycles. The highest BCUT2D eigenvalue weighted by molar-refractivity contribution is 7.92. The molecule has 0 aliphatic heterocycles. The smallest absolute Gasteiger partial charge is 0.264 e. The van der Waals surface area contributed by atoms with Crippen molar-refractivity contribution in [1.82, 2.24) is 10.6 Å². The molecule has 8 nitrogen and oxygen atoms in total. The molecule has 9 heteroatoms. The molecule has 1 atom stereocenters. The van der Waals surface area contributed by atoms with Crippen molar-refractivity contribution in [3.05, 3.63) is 17.5 Å². The molecule has 1 aliphatic rings. The topological polar surface area (TPSA) is 130 Å². The predicted octanol–water partition coefficient (Wildman–Crippen LogP) is 1.06. The molecule has 27 heavy (non-hydrogen) atoms. The second-order valence-electron chi connectivity index (χ2n) is 7.91. The minimum absolute atomic E-state index is 0.0620. The van der Waals surface area contributed by atoms with Crippen LogP contribution in [0, 0.1) is 23.7 Å². The molecule has 0 aromatic carbocycles. The number of amides is 1. The molecule has 1 fully saturated rings. The van der Waals surface area contributed by atoms with Crippen molar-refractivity contribution in [3.8, 4) is 11.8 Å². The number of hydroxylamine groups is 1. The quantitative estimate of drug-likeness (QED) is 0.371. The first-order chi connectivity index (χ1) is 12.4. The van der Waals surface area contributed by atoms with Gasteiger partial charge in [0.25, 0.3) is 5.91 Å². The van der Waals surface area contributed by atoms with Crippen LogP contribution >= 0.6 is 0 Å². The molecular formula is C18H26N2O6S. The van der Waals surface area contributed by atoms with E-state index in [2.05, 4.69) is 17.0 Å². The molecule has 1 aromatic rings. The summed E-state index contributed by atoms with van der Waals surface area (Å²) < 4.78 is 27.2. The normalized spacial score (nSPS) is 22.1. The summed E-state index contributed by atoms with van der Waals surface area (Å²) >= 11 is 0. The molecule has 0 radical (unpaired) electrons. The minimum atomic E-state index is -3.75. The van der Waals surface area contributed by atoms with Gasteiger partial charge < -0.3 is 9.63 Å². The van der Waals surface area contributed by atoms with Gasteiger partial charge in [0.15, 0.2) is 9.84 Å². The lowest BCUT2D eigenvalue weighted by atomic mass is 9.68. The molecule has 1 saturated carbocycles. The Hall–Kier alpha value is -1.89. The van der Waals surface area contributed by atoms with Crippen molar-refractivity contribution in [1.29, 1.82) is 0 Å². The van der Waals surface area contributed by atoms with E-state index in [1.807, 2.05) is 0 Å². The maximum absolute atomic E-state index is 11.9. The van der Waals surface area contributed by atoms with Crippen LogP contribution in [0.1, 0.15) is 51.5 Å². The van der Waals surface area contributed by atoms with Crippen LogP contribution in [-0.4, -0.2) is 46.4 Å². The van der Waals surface area contributed by atoms with Crippen molar-refractivity contribution in [2.45, 2.75) is 56.8 Å². The molecule has 0 saturated heterocycles. The van der Waals surface area contributed by atoms with Gasteiger partial charge in [0.1, 0.15) is 4.75 Å². The number of carbonyl (C=O) groups is 1. The molecule has 1 unspecified atom stereocenters. The van der Waals surface area contributed by atoms with Crippen LogP contribution in [0.25, 0.3) is 0 Å². The number of carbonyl (C=O) groups excluding carboxylic acids is 1. The van der Waals surface area contributed by atoms with Gasteiger partial charge in [-0.05, 0) is 58.3 Å². The van der Waals surface area contributed by atoms with E-state index in [0.29, 0.717) is 11.5 Å². The second kappa shape index (κ2) is 7.62. The fourth-order valence-electron chi connectivity index (χ4n) is 2.93. The maximum Gasteiger partial charge on any atom is 0.264 e. The highest BCUT2D eigenvalue weighted by Crippen LogP contribution is 2.40. The van der Waals surface area contributed by atoms with Crippen molar-refractivity contribution in [2.24, 2.45) is 11.8 Å². The first kappa shape index (κ1) is 21.4. The highest BCUT2D eigenvalue weighted by Gasteiger charge is 2.43. The van der Waals surface area contributed by atoms with Crippen molar-refractivity contribution >= 4 is 15.7 Å². The summed E-state index contributed by atoms with van der Waals surface area (Å²) in [5.41, 5.74) is 1.20. The van der Waals surface area contributed by atoms with Crippen LogP contribution < -0.4 is 5.48 Å². The fourth-order valence-corrected chi connectivity index (χ4v) is 3.78. The van der Waals surface area contributed by atoms with Gasteiger partial charge in [-0.1, -0.05) is 11.1 Å². The van der Waals surface area contributed by atoms with Gasteiger partial charge in [-0.3, -0.25) is 10.0 Å². The number of nitrogens with zero attached hydrogens (tertiary/aromatic N) is 1. The number of aryl methyl sites for hydroxylation is 1. The predicted molar refractivity (Wildman–Crippen MR) is 97.4 cm³/mol. The van der Waals surface area contributed by atoms with Gasteiger partial charge in [-0.2, -0.15) is 0 Å². The number of rotatable bonds is 6. The zero-order chi connectivity index (χ0) is 20.5. The Labute approximate surface area is 159 Å². The summed E-state index contributed by atoms with van der Waals surface area (Å²) in [6.45, 7) is 4.85. The first-order valence-electron chi connectivity index (χ1n) is 8.70. The zero-order valence-electron chi connectivity index (χ0n) is 15.9. The largest absolute Gasteiger partial charge is 0.390 e. The Morgan fingerprint density at radius 2 is 2.04 bits per heavy atom. The Balaban J connectivity index is 1.97. The van der Waals surface area contributed by atoms with Gasteiger partial charge in [-0.25, -0.2) is 13.9 Å². The zero-order valence-corrected chi connectivity index (χ0v) is 16.8. The maximum atomic E-state index is 11.9. The number of aromatic nitrogens is 1. The van der Waals surface area contributed by atoms with Crippen LogP contribution in [0.4, 0.5) is 0 Å². The van der Waals surface area contributed by atoms with E-state index < -0.39 is 26.1 Å². The molecule has 0 bridgehead atoms. The van der Waals surface area contributed by atoms with Crippen LogP contribution in [0.2, 0.25) is 0 Å². The molecule has 1 aromatic heterocycles.